The minimum absolute atomic E-state index is 0.128. The number of nitrogens with zero attached hydrogens (tertiary/aromatic N) is 2. The molecule has 0 radical (unpaired) electrons. The van der Waals surface area contributed by atoms with Crippen LogP contribution in [0.4, 0.5) is 4.79 Å². The molecule has 9 nitrogen and oxygen atoms in total. The van der Waals surface area contributed by atoms with Crippen LogP contribution in [0.5, 0.6) is 0 Å². The molecule has 2 saturated heterocycles. The van der Waals surface area contributed by atoms with E-state index in [4.69, 9.17) is 20.3 Å². The van der Waals surface area contributed by atoms with E-state index in [-0.39, 0.29) is 18.3 Å². The van der Waals surface area contributed by atoms with Crippen molar-refractivity contribution in [3.8, 4) is 0 Å². The number of allylic oxidation sites excluding steroid dienone is 5. The molecule has 0 saturated carbocycles. The summed E-state index contributed by atoms with van der Waals surface area (Å²) in [5, 5.41) is 18.3. The van der Waals surface area contributed by atoms with Gasteiger partial charge in [-0.05, 0) is 56.3 Å². The van der Waals surface area contributed by atoms with Gasteiger partial charge in [-0.1, -0.05) is 84.4 Å². The van der Waals surface area contributed by atoms with Crippen LogP contribution in [0.15, 0.2) is 36.5 Å². The first-order valence-corrected chi connectivity index (χ1v) is 17.2. The topological polar surface area (TPSA) is 129 Å². The second kappa shape index (κ2) is 22.3. The van der Waals surface area contributed by atoms with Gasteiger partial charge >= 0.3 is 12.1 Å². The van der Waals surface area contributed by atoms with Gasteiger partial charge < -0.3 is 30.3 Å². The van der Waals surface area contributed by atoms with Gasteiger partial charge in [-0.25, -0.2) is 4.79 Å². The van der Waals surface area contributed by atoms with E-state index >= 15 is 0 Å². The Kier molecular flexibility index (Phi) is 20.3. The van der Waals surface area contributed by atoms with Crippen molar-refractivity contribution in [2.24, 2.45) is 28.9 Å². The predicted molar refractivity (Wildman–Crippen MR) is 183 cm³/mol. The maximum Gasteiger partial charge on any atom is 0.407 e. The quantitative estimate of drug-likeness (QED) is 0.117. The lowest BCUT2D eigenvalue weighted by molar-refractivity contribution is -0.146. The molecule has 0 spiro atoms. The lowest BCUT2D eigenvalue weighted by atomic mass is 9.82. The number of hydrogen-bond acceptors (Lipinski definition) is 7. The first-order valence-electron chi connectivity index (χ1n) is 17.2. The number of esters is 1. The molecule has 2 fully saturated rings. The third kappa shape index (κ3) is 18.5. The molecular formula is C36H65N3O6. The summed E-state index contributed by atoms with van der Waals surface area (Å²) in [6.07, 6.45) is 18.9. The van der Waals surface area contributed by atoms with Crippen molar-refractivity contribution in [2.75, 3.05) is 45.9 Å². The number of piperazine rings is 1. The normalized spacial score (nSPS) is 28.1. The second-order valence-electron chi connectivity index (χ2n) is 13.7. The van der Waals surface area contributed by atoms with Crippen LogP contribution in [0.3, 0.4) is 0 Å². The van der Waals surface area contributed by atoms with Gasteiger partial charge in [0.2, 0.25) is 0 Å². The van der Waals surface area contributed by atoms with Crippen LogP contribution in [-0.4, -0.2) is 96.3 Å². The molecule has 3 aliphatic rings. The van der Waals surface area contributed by atoms with Gasteiger partial charge in [0.05, 0.1) is 31.3 Å². The molecule has 3 heterocycles. The molecule has 9 heteroatoms. The molecule has 45 heavy (non-hydrogen) atoms. The van der Waals surface area contributed by atoms with Crippen LogP contribution in [0.1, 0.15) is 93.4 Å². The van der Waals surface area contributed by atoms with E-state index < -0.39 is 12.2 Å². The minimum atomic E-state index is -0.817. The van der Waals surface area contributed by atoms with E-state index in [9.17, 15) is 14.7 Å². The fraction of sp³-hybridized carbons (Fsp3) is 0.778. The average Bonchev–Trinajstić information content (AvgIpc) is 3.76. The van der Waals surface area contributed by atoms with Crippen LogP contribution >= 0.6 is 0 Å². The lowest BCUT2D eigenvalue weighted by Crippen LogP contribution is -2.49. The summed E-state index contributed by atoms with van der Waals surface area (Å²) >= 11 is 0. The van der Waals surface area contributed by atoms with E-state index in [0.717, 1.165) is 38.9 Å². The van der Waals surface area contributed by atoms with Crippen molar-refractivity contribution in [2.45, 2.75) is 112 Å². The summed E-state index contributed by atoms with van der Waals surface area (Å²) in [6.45, 7) is 20.2. The van der Waals surface area contributed by atoms with Crippen LogP contribution in [-0.2, 0) is 14.3 Å². The smallest absolute Gasteiger partial charge is 0.407 e. The van der Waals surface area contributed by atoms with E-state index in [1.165, 1.54) is 17.7 Å². The van der Waals surface area contributed by atoms with Crippen molar-refractivity contribution in [3.05, 3.63) is 36.5 Å². The summed E-state index contributed by atoms with van der Waals surface area (Å²) in [6, 6.07) is 0. The Hall–Kier alpha value is -2.20. The second-order valence-corrected chi connectivity index (χ2v) is 13.7. The highest BCUT2D eigenvalue weighted by Gasteiger charge is 2.48. The molecule has 6 unspecified atom stereocenters. The highest BCUT2D eigenvalue weighted by molar-refractivity contribution is 5.69. The zero-order chi connectivity index (χ0) is 33.8. The Balaban J connectivity index is 0.000000343. The lowest BCUT2D eigenvalue weighted by Gasteiger charge is -2.32. The number of amides is 1. The van der Waals surface area contributed by atoms with E-state index in [0.29, 0.717) is 62.1 Å². The molecule has 0 aliphatic carbocycles. The molecular weight excluding hydrogens is 570 g/mol. The van der Waals surface area contributed by atoms with Crippen LogP contribution in [0.2, 0.25) is 0 Å². The standard InChI is InChI=1S/C16H28O.C13H22O3.C7H15N3O2/c1-6-8-9-10-13(3)12-14-15(17-14)16(4,5)11-7-2;1-10-4-3-5-11(2)9-16-13(15)8-12(14)7-6-10;8-1-2-9-3-5-10(6-4-9)7(11)12/h6,8-10,13-15H,7,11-12H2,1-5H3;3,5,10-12,14H,4,6-9H2,1-2H3;1-6,8H2,(H,11,12)/b8-6-,10-9+;5-3+;. The molecule has 0 aromatic carbocycles. The third-order valence-electron chi connectivity index (χ3n) is 8.59. The van der Waals surface area contributed by atoms with Gasteiger partial charge in [-0.15, -0.1) is 0 Å². The van der Waals surface area contributed by atoms with E-state index in [1.54, 1.807) is 0 Å². The van der Waals surface area contributed by atoms with Gasteiger partial charge in [0.1, 0.15) is 0 Å². The average molecular weight is 636 g/mol. The SMILES string of the molecule is C/C=C\C=C\C(C)CC1OC1C(C)(C)CCC.CC1/C=C/CC(C)CCC(O)CC(=O)OC1.NCCN1CCN(C(=O)O)CC1. The summed E-state index contributed by atoms with van der Waals surface area (Å²) < 4.78 is 10.9. The van der Waals surface area contributed by atoms with Gasteiger partial charge in [0.15, 0.2) is 0 Å². The Morgan fingerprint density at radius 1 is 1.18 bits per heavy atom. The Morgan fingerprint density at radius 2 is 1.87 bits per heavy atom. The molecule has 4 N–H and O–H groups in total. The number of carbonyl (C=O) groups is 2. The van der Waals surface area contributed by atoms with Crippen LogP contribution < -0.4 is 5.73 Å². The molecule has 1 amide bonds. The van der Waals surface area contributed by atoms with Crippen molar-refractivity contribution in [3.63, 3.8) is 0 Å². The fourth-order valence-corrected chi connectivity index (χ4v) is 5.72. The Morgan fingerprint density at radius 3 is 2.47 bits per heavy atom. The predicted octanol–water partition coefficient (Wildman–Crippen LogP) is 6.27. The molecule has 0 aromatic rings. The minimum Gasteiger partial charge on any atom is -0.465 e. The number of aliphatic hydroxyl groups excluding tert-OH is 1. The van der Waals surface area contributed by atoms with Crippen LogP contribution in [0, 0.1) is 23.2 Å². The number of cyclic esters (lactones) is 1. The Bertz CT molecular complexity index is 912. The number of epoxide rings is 1. The number of nitrogens with two attached hydrogens (primary N) is 1. The van der Waals surface area contributed by atoms with Gasteiger partial charge in [0.25, 0.3) is 0 Å². The monoisotopic (exact) mass is 635 g/mol. The fourth-order valence-electron chi connectivity index (χ4n) is 5.72. The summed E-state index contributed by atoms with van der Waals surface area (Å²) in [7, 11) is 0. The first kappa shape index (κ1) is 40.8. The number of aliphatic hydroxyl groups is 1. The van der Waals surface area contributed by atoms with Gasteiger partial charge in [0, 0.05) is 45.2 Å². The van der Waals surface area contributed by atoms with Gasteiger partial charge in [-0.2, -0.15) is 0 Å². The van der Waals surface area contributed by atoms with Crippen LogP contribution in [0.25, 0.3) is 0 Å². The third-order valence-corrected chi connectivity index (χ3v) is 8.59. The molecule has 0 aromatic heterocycles. The number of rotatable bonds is 9. The number of ether oxygens (including phenoxy) is 2. The summed E-state index contributed by atoms with van der Waals surface area (Å²) in [5.74, 6) is 1.14. The maximum absolute atomic E-state index is 11.3. The highest BCUT2D eigenvalue weighted by Crippen LogP contribution is 2.44. The molecule has 260 valence electrons. The number of carboxylic acid groups (broad SMARTS) is 1. The molecule has 3 rings (SSSR count). The largest absolute Gasteiger partial charge is 0.465 e. The molecule has 3 aliphatic heterocycles. The Labute approximate surface area is 273 Å². The van der Waals surface area contributed by atoms with Gasteiger partial charge in [-0.3, -0.25) is 9.69 Å². The zero-order valence-corrected chi connectivity index (χ0v) is 29.3. The molecule has 6 atom stereocenters. The number of carbonyl (C=O) groups excluding carboxylic acids is 1. The van der Waals surface area contributed by atoms with Crippen molar-refractivity contribution in [1.82, 2.24) is 9.80 Å². The van der Waals surface area contributed by atoms with Crippen molar-refractivity contribution in [1.29, 1.82) is 0 Å². The molecule has 0 bridgehead atoms. The summed E-state index contributed by atoms with van der Waals surface area (Å²) in [4.78, 5) is 25.4. The number of hydrogen-bond donors (Lipinski definition) is 3. The zero-order valence-electron chi connectivity index (χ0n) is 29.3. The first-order chi connectivity index (χ1) is 21.3. The van der Waals surface area contributed by atoms with Crippen molar-refractivity contribution < 1.29 is 29.3 Å². The van der Waals surface area contributed by atoms with E-state index in [1.807, 2.05) is 13.8 Å². The highest BCUT2D eigenvalue weighted by atomic mass is 16.6. The van der Waals surface area contributed by atoms with E-state index in [2.05, 4.69) is 76.0 Å². The van der Waals surface area contributed by atoms with Crippen molar-refractivity contribution >= 4 is 12.1 Å². The maximum atomic E-state index is 11.3. The summed E-state index contributed by atoms with van der Waals surface area (Å²) in [5.41, 5.74) is 5.74.